The molecule has 0 atom stereocenters. The van der Waals surface area contributed by atoms with Crippen LogP contribution in [0, 0.1) is 12.8 Å². The van der Waals surface area contributed by atoms with Crippen LogP contribution in [0.1, 0.15) is 31.4 Å². The van der Waals surface area contributed by atoms with E-state index in [1.165, 1.54) is 21.4 Å². The molecule has 0 amide bonds. The van der Waals surface area contributed by atoms with Gasteiger partial charge in [-0.1, -0.05) is 55.8 Å². The monoisotopic (exact) mass is 440 g/mol. The van der Waals surface area contributed by atoms with Crippen molar-refractivity contribution in [2.45, 2.75) is 33.6 Å². The molecule has 0 saturated heterocycles. The summed E-state index contributed by atoms with van der Waals surface area (Å²) in [4.78, 5) is 29.9. The van der Waals surface area contributed by atoms with E-state index in [4.69, 9.17) is 4.84 Å². The molecule has 0 N–H and O–H groups in total. The second kappa shape index (κ2) is 8.70. The lowest BCUT2D eigenvalue weighted by atomic mass is 9.96. The van der Waals surface area contributed by atoms with E-state index in [-0.39, 0.29) is 5.92 Å². The van der Waals surface area contributed by atoms with E-state index in [1.54, 1.807) is 6.20 Å². The van der Waals surface area contributed by atoms with Crippen molar-refractivity contribution in [3.8, 4) is 11.1 Å². The Hall–Kier alpha value is -3.67. The summed E-state index contributed by atoms with van der Waals surface area (Å²) >= 11 is 0. The maximum Gasteiger partial charge on any atom is 0.384 e. The van der Waals surface area contributed by atoms with Crippen molar-refractivity contribution in [2.75, 3.05) is 18.1 Å². The first kappa shape index (κ1) is 21.2. The fraction of sp³-hybridized carbons (Fsp3) is 0.296. The number of pyridine rings is 1. The van der Waals surface area contributed by atoms with Crippen LogP contribution < -0.4 is 15.4 Å². The Morgan fingerprint density at radius 2 is 1.91 bits per heavy atom. The molecule has 2 aromatic carbocycles. The first-order valence-electron chi connectivity index (χ1n) is 11.5. The second-order valence-electron chi connectivity index (χ2n) is 9.04. The molecule has 33 heavy (non-hydrogen) atoms. The average Bonchev–Trinajstić information content (AvgIpc) is 2.82. The van der Waals surface area contributed by atoms with Crippen LogP contribution in [0.5, 0.6) is 0 Å². The normalized spacial score (nSPS) is 13.4. The second-order valence-corrected chi connectivity index (χ2v) is 9.04. The third-order valence-electron chi connectivity index (χ3n) is 5.94. The minimum absolute atomic E-state index is 0.282. The largest absolute Gasteiger partial charge is 0.407 e. The summed E-state index contributed by atoms with van der Waals surface area (Å²) < 4.78 is 1.23. The highest BCUT2D eigenvalue weighted by atomic mass is 16.7. The zero-order chi connectivity index (χ0) is 22.9. The van der Waals surface area contributed by atoms with Gasteiger partial charge in [0.25, 0.3) is 0 Å². The number of rotatable bonds is 5. The SMILES string of the molecule is Cc1cccc(-c2ccc3c(c2)N(c2nc(=O)n(OCC(C)C)c4ncccc24)CCC3)c1. The van der Waals surface area contributed by atoms with E-state index in [0.29, 0.717) is 18.1 Å². The van der Waals surface area contributed by atoms with Gasteiger partial charge in [-0.25, -0.2) is 9.78 Å². The van der Waals surface area contributed by atoms with E-state index < -0.39 is 5.69 Å². The average molecular weight is 441 g/mol. The molecule has 4 aromatic rings. The van der Waals surface area contributed by atoms with E-state index in [2.05, 4.69) is 64.3 Å². The molecule has 0 radical (unpaired) electrons. The molecule has 1 aliphatic heterocycles. The Kier molecular flexibility index (Phi) is 5.58. The van der Waals surface area contributed by atoms with Gasteiger partial charge in [0, 0.05) is 18.4 Å². The van der Waals surface area contributed by atoms with E-state index in [1.807, 2.05) is 26.0 Å². The highest BCUT2D eigenvalue weighted by Gasteiger charge is 2.24. The predicted octanol–water partition coefficient (Wildman–Crippen LogP) is 4.94. The predicted molar refractivity (Wildman–Crippen MR) is 132 cm³/mol. The molecule has 0 spiro atoms. The van der Waals surface area contributed by atoms with Crippen LogP contribution in [0.2, 0.25) is 0 Å². The molecule has 3 heterocycles. The zero-order valence-electron chi connectivity index (χ0n) is 19.3. The van der Waals surface area contributed by atoms with Crippen molar-refractivity contribution in [3.63, 3.8) is 0 Å². The van der Waals surface area contributed by atoms with Gasteiger partial charge in [-0.2, -0.15) is 4.98 Å². The fourth-order valence-electron chi connectivity index (χ4n) is 4.36. The van der Waals surface area contributed by atoms with Gasteiger partial charge in [0.05, 0.1) is 5.39 Å². The molecule has 0 fully saturated rings. The summed E-state index contributed by atoms with van der Waals surface area (Å²) in [6.45, 7) is 7.39. The van der Waals surface area contributed by atoms with Crippen molar-refractivity contribution in [1.29, 1.82) is 0 Å². The lowest BCUT2D eigenvalue weighted by molar-refractivity contribution is 0.0868. The number of anilines is 2. The Bertz CT molecular complexity index is 1380. The molecule has 0 unspecified atom stereocenters. The molecule has 0 saturated carbocycles. The number of fused-ring (bicyclic) bond motifs is 2. The van der Waals surface area contributed by atoms with Gasteiger partial charge >= 0.3 is 5.69 Å². The van der Waals surface area contributed by atoms with Gasteiger partial charge in [0.15, 0.2) is 5.65 Å². The van der Waals surface area contributed by atoms with Crippen LogP contribution in [0.15, 0.2) is 65.6 Å². The lowest BCUT2D eigenvalue weighted by Gasteiger charge is -2.31. The molecule has 6 heteroatoms. The van der Waals surface area contributed by atoms with E-state index in [9.17, 15) is 4.79 Å². The van der Waals surface area contributed by atoms with Gasteiger partial charge in [-0.05, 0) is 60.6 Å². The summed E-state index contributed by atoms with van der Waals surface area (Å²) in [5, 5.41) is 0.801. The van der Waals surface area contributed by atoms with Crippen LogP contribution in [-0.4, -0.2) is 27.9 Å². The molecule has 0 bridgehead atoms. The Morgan fingerprint density at radius 3 is 2.73 bits per heavy atom. The Morgan fingerprint density at radius 1 is 1.06 bits per heavy atom. The molecule has 6 nitrogen and oxygen atoms in total. The number of aromatic nitrogens is 3. The summed E-state index contributed by atoms with van der Waals surface area (Å²) in [5.41, 5.74) is 5.97. The van der Waals surface area contributed by atoms with Gasteiger partial charge in [-0.15, -0.1) is 4.73 Å². The van der Waals surface area contributed by atoms with Crippen molar-refractivity contribution in [3.05, 3.63) is 82.4 Å². The maximum atomic E-state index is 13.0. The number of benzene rings is 2. The van der Waals surface area contributed by atoms with Crippen molar-refractivity contribution >= 4 is 22.5 Å². The van der Waals surface area contributed by atoms with Crippen LogP contribution >= 0.6 is 0 Å². The first-order valence-corrected chi connectivity index (χ1v) is 11.5. The van der Waals surface area contributed by atoms with E-state index >= 15 is 0 Å². The van der Waals surface area contributed by atoms with Gasteiger partial charge in [0.2, 0.25) is 0 Å². The number of aryl methyl sites for hydroxylation is 2. The summed E-state index contributed by atoms with van der Waals surface area (Å²) in [6, 6.07) is 18.9. The summed E-state index contributed by atoms with van der Waals surface area (Å²) in [6.07, 6.45) is 3.68. The maximum absolute atomic E-state index is 13.0. The van der Waals surface area contributed by atoms with Crippen molar-refractivity contribution in [1.82, 2.24) is 14.7 Å². The standard InChI is InChI=1S/C27H28N4O2/c1-18(2)17-33-31-25-23(10-5-13-28-25)26(29-27(31)32)30-14-6-9-20-11-12-22(16-24(20)30)21-8-4-7-19(3)15-21/h4-5,7-8,10-13,15-16,18H,6,9,14,17H2,1-3H3. The van der Waals surface area contributed by atoms with Crippen LogP contribution in [0.25, 0.3) is 22.2 Å². The topological polar surface area (TPSA) is 60.2 Å². The molecular weight excluding hydrogens is 412 g/mol. The Labute approximate surface area is 193 Å². The lowest BCUT2D eigenvalue weighted by Crippen LogP contribution is -2.35. The van der Waals surface area contributed by atoms with Crippen molar-refractivity contribution in [2.24, 2.45) is 5.92 Å². The molecule has 5 rings (SSSR count). The smallest absolute Gasteiger partial charge is 0.384 e. The van der Waals surface area contributed by atoms with Gasteiger partial charge in [0.1, 0.15) is 12.4 Å². The fourth-order valence-corrected chi connectivity index (χ4v) is 4.36. The molecular formula is C27H28N4O2. The minimum Gasteiger partial charge on any atom is -0.407 e. The molecule has 0 aliphatic carbocycles. The van der Waals surface area contributed by atoms with Crippen molar-refractivity contribution < 1.29 is 4.84 Å². The quantitative estimate of drug-likeness (QED) is 0.440. The third-order valence-corrected chi connectivity index (χ3v) is 5.94. The summed E-state index contributed by atoms with van der Waals surface area (Å²) in [5.74, 6) is 0.916. The minimum atomic E-state index is -0.446. The number of nitrogens with zero attached hydrogens (tertiary/aromatic N) is 4. The van der Waals surface area contributed by atoms with Crippen LogP contribution in [-0.2, 0) is 6.42 Å². The van der Waals surface area contributed by atoms with E-state index in [0.717, 1.165) is 36.0 Å². The number of hydrogen-bond acceptors (Lipinski definition) is 5. The number of hydrogen-bond donors (Lipinski definition) is 0. The molecule has 168 valence electrons. The Balaban J connectivity index is 1.64. The molecule has 1 aliphatic rings. The van der Waals surface area contributed by atoms with Crippen LogP contribution in [0.3, 0.4) is 0 Å². The first-order chi connectivity index (χ1) is 16.0. The third kappa shape index (κ3) is 4.09. The highest BCUT2D eigenvalue weighted by Crippen LogP contribution is 2.37. The summed E-state index contributed by atoms with van der Waals surface area (Å²) in [7, 11) is 0. The van der Waals surface area contributed by atoms with Crippen LogP contribution in [0.4, 0.5) is 11.5 Å². The molecule has 2 aromatic heterocycles. The zero-order valence-corrected chi connectivity index (χ0v) is 19.3. The van der Waals surface area contributed by atoms with Gasteiger partial charge < -0.3 is 9.74 Å². The highest BCUT2D eigenvalue weighted by molar-refractivity contribution is 5.90. The van der Waals surface area contributed by atoms with Gasteiger partial charge in [-0.3, -0.25) is 0 Å².